The van der Waals surface area contributed by atoms with E-state index in [2.05, 4.69) is 15.1 Å². The van der Waals surface area contributed by atoms with Crippen LogP contribution in [0.15, 0.2) is 84.9 Å². The zero-order valence-electron chi connectivity index (χ0n) is 24.3. The molecule has 0 bridgehead atoms. The summed E-state index contributed by atoms with van der Waals surface area (Å²) in [4.78, 5) is 32.4. The average molecular weight is 600 g/mol. The van der Waals surface area contributed by atoms with E-state index in [1.807, 2.05) is 65.6 Å². The molecule has 0 spiro atoms. The summed E-state index contributed by atoms with van der Waals surface area (Å²) in [5.74, 6) is 1.82. The summed E-state index contributed by atoms with van der Waals surface area (Å²) in [6.07, 6.45) is 0.651. The van der Waals surface area contributed by atoms with Crippen LogP contribution in [0.5, 0.6) is 11.5 Å². The number of carbonyl (C=O) groups excluding carboxylic acids is 2. The summed E-state index contributed by atoms with van der Waals surface area (Å²) in [7, 11) is 3.22. The number of aromatic nitrogens is 2. The maximum Gasteiger partial charge on any atom is 0.254 e. The first-order valence-corrected chi connectivity index (χ1v) is 14.5. The third-order valence-corrected chi connectivity index (χ3v) is 7.76. The molecule has 9 nitrogen and oxygen atoms in total. The molecule has 0 aliphatic carbocycles. The van der Waals surface area contributed by atoms with E-state index >= 15 is 0 Å². The van der Waals surface area contributed by atoms with Crippen molar-refractivity contribution in [2.75, 3.05) is 58.4 Å². The normalized spacial score (nSPS) is 13.0. The van der Waals surface area contributed by atoms with Crippen molar-refractivity contribution in [2.45, 2.75) is 6.42 Å². The van der Waals surface area contributed by atoms with E-state index in [0.717, 1.165) is 16.9 Å². The lowest BCUT2D eigenvalue weighted by Crippen LogP contribution is -2.52. The van der Waals surface area contributed by atoms with Gasteiger partial charge in [0.25, 0.3) is 5.91 Å². The highest BCUT2D eigenvalue weighted by Crippen LogP contribution is 2.32. The summed E-state index contributed by atoms with van der Waals surface area (Å²) in [6.45, 7) is 2.71. The molecule has 1 saturated heterocycles. The number of hydrogen-bond acceptors (Lipinski definition) is 7. The van der Waals surface area contributed by atoms with Gasteiger partial charge >= 0.3 is 0 Å². The molecule has 222 valence electrons. The largest absolute Gasteiger partial charge is 0.497 e. The minimum Gasteiger partial charge on any atom is -0.497 e. The van der Waals surface area contributed by atoms with Crippen molar-refractivity contribution in [3.63, 3.8) is 0 Å². The second kappa shape index (κ2) is 14.0. The average Bonchev–Trinajstić information content (AvgIpc) is 3.07. The molecule has 0 unspecified atom stereocenters. The minimum absolute atomic E-state index is 0.00644. The lowest BCUT2D eigenvalue weighted by molar-refractivity contribution is -0.132. The van der Waals surface area contributed by atoms with E-state index in [4.69, 9.17) is 21.1 Å². The van der Waals surface area contributed by atoms with Crippen LogP contribution < -0.4 is 14.4 Å². The molecule has 0 saturated carbocycles. The Morgan fingerprint density at radius 1 is 0.860 bits per heavy atom. The monoisotopic (exact) mass is 599 g/mol. The van der Waals surface area contributed by atoms with Gasteiger partial charge in [-0.3, -0.25) is 9.59 Å². The van der Waals surface area contributed by atoms with Crippen LogP contribution in [0, 0.1) is 0 Å². The summed E-state index contributed by atoms with van der Waals surface area (Å²) in [5, 5.41) is 9.45. The maximum absolute atomic E-state index is 13.4. The first-order valence-electron chi connectivity index (χ1n) is 14.1. The van der Waals surface area contributed by atoms with Crippen LogP contribution >= 0.6 is 11.6 Å². The van der Waals surface area contributed by atoms with Gasteiger partial charge in [-0.05, 0) is 60.5 Å². The number of hydrogen-bond donors (Lipinski definition) is 0. The van der Waals surface area contributed by atoms with Gasteiger partial charge in [0.1, 0.15) is 18.0 Å². The number of amides is 2. The Bertz CT molecular complexity index is 1530. The second-order valence-electron chi connectivity index (χ2n) is 10.2. The second-order valence-corrected chi connectivity index (χ2v) is 10.6. The molecule has 1 aliphatic rings. The molecule has 3 aromatic carbocycles. The Labute approximate surface area is 256 Å². The zero-order chi connectivity index (χ0) is 30.2. The SMILES string of the molecule is COc1ccc(-c2ccc(N3CCN(C(=O)CN(CCc4ccccc4)C(=O)c4ccc(Cl)cc4)CC3)nn2)c(OC)c1. The number of ether oxygens (including phenoxy) is 2. The fraction of sp³-hybridized carbons (Fsp3) is 0.273. The predicted molar refractivity (Wildman–Crippen MR) is 167 cm³/mol. The van der Waals surface area contributed by atoms with Gasteiger partial charge in [0.05, 0.1) is 19.9 Å². The van der Waals surface area contributed by atoms with E-state index in [1.54, 1.807) is 43.4 Å². The van der Waals surface area contributed by atoms with Crippen molar-refractivity contribution in [3.8, 4) is 22.8 Å². The van der Waals surface area contributed by atoms with Crippen LogP contribution in [0.25, 0.3) is 11.3 Å². The molecule has 0 N–H and O–H groups in total. The molecular weight excluding hydrogens is 566 g/mol. The van der Waals surface area contributed by atoms with Crippen molar-refractivity contribution < 1.29 is 19.1 Å². The Balaban J connectivity index is 1.21. The third-order valence-electron chi connectivity index (χ3n) is 7.51. The molecule has 43 heavy (non-hydrogen) atoms. The molecule has 0 atom stereocenters. The quantitative estimate of drug-likeness (QED) is 0.258. The number of halogens is 1. The number of carbonyl (C=O) groups is 2. The molecule has 5 rings (SSSR count). The highest BCUT2D eigenvalue weighted by atomic mass is 35.5. The Hall–Kier alpha value is -4.63. The summed E-state index contributed by atoms with van der Waals surface area (Å²) in [5.41, 5.74) is 3.13. The standard InChI is InChI=1S/C33H34ClN5O4/c1-42-27-12-13-28(30(22-27)43-2)29-14-15-31(36-35-29)37-18-20-38(21-19-37)32(40)23-39(17-16-24-6-4-3-5-7-24)33(41)25-8-10-26(34)11-9-25/h3-15,22H,16-21,23H2,1-2H3. The molecule has 4 aromatic rings. The van der Waals surface area contributed by atoms with Crippen LogP contribution in [-0.2, 0) is 11.2 Å². The Kier molecular flexibility index (Phi) is 9.73. The Morgan fingerprint density at radius 2 is 1.60 bits per heavy atom. The van der Waals surface area contributed by atoms with E-state index in [9.17, 15) is 9.59 Å². The van der Waals surface area contributed by atoms with Gasteiger partial charge in [-0.25, -0.2) is 0 Å². The molecular formula is C33H34ClN5O4. The van der Waals surface area contributed by atoms with Crippen molar-refractivity contribution in [2.24, 2.45) is 0 Å². The number of methoxy groups -OCH3 is 2. The molecule has 1 aromatic heterocycles. The van der Waals surface area contributed by atoms with Gasteiger partial charge < -0.3 is 24.2 Å². The lowest BCUT2D eigenvalue weighted by Gasteiger charge is -2.36. The van der Waals surface area contributed by atoms with Crippen molar-refractivity contribution in [1.29, 1.82) is 0 Å². The van der Waals surface area contributed by atoms with Crippen LogP contribution in [-0.4, -0.2) is 85.3 Å². The molecule has 2 heterocycles. The lowest BCUT2D eigenvalue weighted by atomic mass is 10.1. The maximum atomic E-state index is 13.4. The van der Waals surface area contributed by atoms with Gasteiger partial charge in [-0.15, -0.1) is 10.2 Å². The van der Waals surface area contributed by atoms with Gasteiger partial charge in [0.2, 0.25) is 5.91 Å². The van der Waals surface area contributed by atoms with E-state index in [1.165, 1.54) is 0 Å². The van der Waals surface area contributed by atoms with Crippen molar-refractivity contribution >= 4 is 29.2 Å². The number of benzene rings is 3. The van der Waals surface area contributed by atoms with E-state index < -0.39 is 0 Å². The minimum atomic E-state index is -0.191. The Morgan fingerprint density at radius 3 is 2.26 bits per heavy atom. The third kappa shape index (κ3) is 7.42. The van der Waals surface area contributed by atoms with Crippen LogP contribution in [0.4, 0.5) is 5.82 Å². The predicted octanol–water partition coefficient (Wildman–Crippen LogP) is 4.85. The van der Waals surface area contributed by atoms with Gasteiger partial charge in [-0.1, -0.05) is 41.9 Å². The number of nitrogens with zero attached hydrogens (tertiary/aromatic N) is 5. The van der Waals surface area contributed by atoms with Crippen LogP contribution in [0.2, 0.25) is 5.02 Å². The first-order chi connectivity index (χ1) is 20.9. The van der Waals surface area contributed by atoms with Gasteiger partial charge in [-0.2, -0.15) is 0 Å². The van der Waals surface area contributed by atoms with E-state index in [-0.39, 0.29) is 18.4 Å². The zero-order valence-corrected chi connectivity index (χ0v) is 25.0. The molecule has 0 radical (unpaired) electrons. The van der Waals surface area contributed by atoms with Gasteiger partial charge in [0, 0.05) is 54.9 Å². The fourth-order valence-corrected chi connectivity index (χ4v) is 5.16. The van der Waals surface area contributed by atoms with E-state index in [0.29, 0.717) is 66.9 Å². The van der Waals surface area contributed by atoms with Crippen molar-refractivity contribution in [1.82, 2.24) is 20.0 Å². The first kappa shape index (κ1) is 29.8. The smallest absolute Gasteiger partial charge is 0.254 e. The highest BCUT2D eigenvalue weighted by Gasteiger charge is 2.26. The number of anilines is 1. The summed E-state index contributed by atoms with van der Waals surface area (Å²) in [6, 6.07) is 26.1. The number of piperazine rings is 1. The topological polar surface area (TPSA) is 88.1 Å². The highest BCUT2D eigenvalue weighted by molar-refractivity contribution is 6.30. The molecule has 1 fully saturated rings. The summed E-state index contributed by atoms with van der Waals surface area (Å²) >= 11 is 6.03. The fourth-order valence-electron chi connectivity index (χ4n) is 5.03. The van der Waals surface area contributed by atoms with Crippen molar-refractivity contribution in [3.05, 3.63) is 101 Å². The molecule has 1 aliphatic heterocycles. The molecule has 10 heteroatoms. The van der Waals surface area contributed by atoms with Crippen LogP contribution in [0.3, 0.4) is 0 Å². The van der Waals surface area contributed by atoms with Crippen LogP contribution in [0.1, 0.15) is 15.9 Å². The number of rotatable bonds is 10. The molecule has 2 amide bonds. The van der Waals surface area contributed by atoms with Gasteiger partial charge in [0.15, 0.2) is 5.82 Å². The summed E-state index contributed by atoms with van der Waals surface area (Å²) < 4.78 is 10.8.